The van der Waals surface area contributed by atoms with Gasteiger partial charge in [-0.25, -0.2) is 49.9 Å². The molecular formula is C91H123BrClF2K2N10O9S4+. The van der Waals surface area contributed by atoms with Crippen molar-refractivity contribution in [3.63, 3.8) is 0 Å². The average Bonchev–Trinajstić information content (AvgIpc) is 1.64. The fourth-order valence-corrected chi connectivity index (χ4v) is 22.9. The first kappa shape index (κ1) is 100. The molecule has 8 heterocycles. The Bertz CT molecular complexity index is 4590. The van der Waals surface area contributed by atoms with Crippen molar-refractivity contribution in [1.82, 2.24) is 50.1 Å². The number of aromatic nitrogens is 8. The van der Waals surface area contributed by atoms with Gasteiger partial charge in [-0.3, -0.25) is 14.1 Å². The van der Waals surface area contributed by atoms with E-state index in [1.54, 1.807) is 43.8 Å². The number of fused-ring (bicyclic) bond motifs is 12. The summed E-state index contributed by atoms with van der Waals surface area (Å²) in [6, 6.07) is 21.9. The molecule has 19 nitrogen and oxygen atoms in total. The first-order valence-electron chi connectivity index (χ1n) is 43.2. The molecule has 0 radical (unpaired) electrons. The van der Waals surface area contributed by atoms with Crippen LogP contribution >= 0.6 is 73.7 Å². The summed E-state index contributed by atoms with van der Waals surface area (Å²) in [7, 11) is 0.750. The third kappa shape index (κ3) is 29.2. The number of carbonyl (C=O) groups is 2. The molecule has 8 aliphatic carbocycles. The van der Waals surface area contributed by atoms with Gasteiger partial charge in [0.1, 0.15) is 74.6 Å². The molecule has 0 saturated heterocycles. The van der Waals surface area contributed by atoms with E-state index in [4.69, 9.17) is 31.3 Å². The number of amides is 1. The number of nitrogens with zero attached hydrogens (tertiary/aromatic N) is 9. The van der Waals surface area contributed by atoms with Crippen molar-refractivity contribution in [2.75, 3.05) is 13.7 Å². The van der Waals surface area contributed by atoms with E-state index in [9.17, 15) is 13.6 Å². The van der Waals surface area contributed by atoms with Crippen molar-refractivity contribution in [3.05, 3.63) is 146 Å². The molecule has 644 valence electrons. The topological polar surface area (TPSA) is 228 Å². The Kier molecular flexibility index (Phi) is 44.9. The van der Waals surface area contributed by atoms with E-state index in [1.165, 1.54) is 217 Å². The summed E-state index contributed by atoms with van der Waals surface area (Å²) in [6.07, 6.45) is 45.3. The molecule has 18 rings (SSSR count). The Morgan fingerprint density at radius 3 is 1.15 bits per heavy atom. The minimum atomic E-state index is -1.00. The molecular weight excluding hydrogens is 1740 g/mol. The zero-order valence-electron chi connectivity index (χ0n) is 72.8. The van der Waals surface area contributed by atoms with Crippen LogP contribution in [-0.2, 0) is 77.7 Å². The number of hydrogen-bond donors (Lipinski definition) is 2. The molecule has 0 unspecified atom stereocenters. The first-order valence-corrected chi connectivity index (χ1v) is 46.4. The second-order valence-corrected chi connectivity index (χ2v) is 37.0. The number of benzene rings is 2. The second-order valence-electron chi connectivity index (χ2n) is 32.1. The van der Waals surface area contributed by atoms with Gasteiger partial charge >= 0.3 is 115 Å². The van der Waals surface area contributed by atoms with E-state index < -0.39 is 12.8 Å². The van der Waals surface area contributed by atoms with Gasteiger partial charge in [0, 0.05) is 43.5 Å². The minimum absolute atomic E-state index is 0. The molecule has 4 fully saturated rings. The maximum atomic E-state index is 11.9. The van der Waals surface area contributed by atoms with Gasteiger partial charge in [-0.1, -0.05) is 130 Å². The Morgan fingerprint density at radius 1 is 0.542 bits per heavy atom. The Morgan fingerprint density at radius 2 is 0.867 bits per heavy atom. The Labute approximate surface area is 828 Å². The van der Waals surface area contributed by atoms with Crippen LogP contribution in [0.4, 0.5) is 13.6 Å². The third-order valence-electron chi connectivity index (χ3n) is 23.2. The van der Waals surface area contributed by atoms with Gasteiger partial charge in [-0.15, -0.1) is 57.8 Å². The first-order chi connectivity index (χ1) is 57.7. The van der Waals surface area contributed by atoms with E-state index in [2.05, 4.69) is 139 Å². The van der Waals surface area contributed by atoms with Crippen molar-refractivity contribution < 1.29 is 156 Å². The Balaban J connectivity index is 0.000000208. The molecule has 4 saturated carbocycles. The van der Waals surface area contributed by atoms with E-state index in [-0.39, 0.29) is 153 Å². The fourth-order valence-electron chi connectivity index (χ4n) is 17.7. The number of rotatable bonds is 20. The number of alkyl halides is 2. The number of ether oxygens (including phenoxy) is 5. The summed E-state index contributed by atoms with van der Waals surface area (Å²) in [5.74, 6) is 5.10. The SMILES string of the molecule is BrCc1ccccc1.C.CC(C)(C)OC(=O)NC1CCC(Oc2ncnc3sc4c(c23)CCC4)CC1.CCCC1CCC(Oc2ncnc3sc4c(c23)CCC4)CC1.CCCC1CCC(Oc2ncnc3sc4c(c23)CCC4)CC1.CCN(Cc1ccccc1)C1CCC(Oc2ncnc3sc4c(c23)CCC4)CC1.Cl.[2H]CF.[2H]OOC=O.[CH2-]F.[K+].[K+]. The van der Waals surface area contributed by atoms with Gasteiger partial charge in [0.05, 0.1) is 30.1 Å². The maximum absolute atomic E-state index is 11.9. The Hall–Kier alpha value is -3.64. The summed E-state index contributed by atoms with van der Waals surface area (Å²) in [5.41, 5.74) is 8.05. The fraction of sp³-hybridized carbons (Fsp3) is 0.571. The molecule has 10 aromatic rings. The van der Waals surface area contributed by atoms with Gasteiger partial charge in [0.15, 0.2) is 0 Å². The molecule has 2 aromatic carbocycles. The van der Waals surface area contributed by atoms with E-state index in [0.29, 0.717) is 18.2 Å². The largest absolute Gasteiger partial charge is 1.00 e. The number of alkyl carbamates (subject to hydrolysis) is 1. The van der Waals surface area contributed by atoms with Crippen molar-refractivity contribution in [3.8, 4) is 23.5 Å². The molecule has 8 aromatic heterocycles. The number of aryl methyl sites for hydroxylation is 8. The van der Waals surface area contributed by atoms with Crippen LogP contribution in [0.2, 0.25) is 0 Å². The van der Waals surface area contributed by atoms with Gasteiger partial charge in [0.2, 0.25) is 23.5 Å². The summed E-state index contributed by atoms with van der Waals surface area (Å²) in [4.78, 5) is 73.0. The van der Waals surface area contributed by atoms with Crippen LogP contribution in [0.5, 0.6) is 23.5 Å². The van der Waals surface area contributed by atoms with Crippen LogP contribution in [0, 0.1) is 19.0 Å². The monoisotopic (exact) mass is 1860 g/mol. The number of thiophene rings is 4. The van der Waals surface area contributed by atoms with Gasteiger partial charge in [0.25, 0.3) is 1.43 Å². The molecule has 8 aliphatic rings. The quantitative estimate of drug-likeness (QED) is 0.0180. The van der Waals surface area contributed by atoms with E-state index in [0.717, 1.165) is 136 Å². The van der Waals surface area contributed by atoms with Crippen LogP contribution in [0.3, 0.4) is 0 Å². The van der Waals surface area contributed by atoms with Gasteiger partial charge in [-0.05, 0) is 252 Å². The smallest absolute Gasteiger partial charge is 0.474 e. The van der Waals surface area contributed by atoms with Gasteiger partial charge in [-0.2, -0.15) is 7.18 Å². The molecule has 1 amide bonds. The second kappa shape index (κ2) is 53.9. The van der Waals surface area contributed by atoms with Crippen molar-refractivity contribution in [1.29, 1.82) is 1.43 Å². The minimum Gasteiger partial charge on any atom is -0.474 e. The molecule has 29 heteroatoms. The van der Waals surface area contributed by atoms with Crippen molar-refractivity contribution >= 4 is 127 Å². The summed E-state index contributed by atoms with van der Waals surface area (Å²) >= 11 is 10.6. The zero-order chi connectivity index (χ0) is 83.2. The van der Waals surface area contributed by atoms with Crippen LogP contribution in [-0.4, -0.2) is 118 Å². The number of carbonyl (C=O) groups excluding carboxylic acids is 2. The summed E-state index contributed by atoms with van der Waals surface area (Å²) in [6.45, 7) is 14.6. The van der Waals surface area contributed by atoms with Crippen LogP contribution in [0.25, 0.3) is 42.3 Å². The van der Waals surface area contributed by atoms with Gasteiger partial charge < -0.3 is 38.3 Å². The standard InChI is InChI=1S/C24H29N3OS.C20H27N3O3S.2C18H24N2OS.C7H7Br.CH3F.CH2F.CH2O3.CH4.ClH.2K/c1-2-27(15-17-7-4-3-5-8-17)18-11-13-19(14-12-18)28-23-22-20-9-6-10-21(20)29-24(22)26-16-25-23;1-20(2,3)26-19(24)23-12-7-9-13(10-8-12)25-17-16-14-5-4-6-15(14)27-18(16)22-11-21-17;2*1-2-4-12-7-9-13(10-8-12)21-17-16-14-5-3-6-15(14)22-18(16)20-11-19-17;8-6-7-4-2-1-3-5-7;2*1-2;2-1-4-3;;;;/h3-5,7-8,16,18-19H,2,6,9-15H2,1H3;11-13H,4-10H2,1-3H3,(H,23,24);2*11-13H,2-10H2,1H3;1-5H,6H2;1H3;1H2;1,3H;1H4;1H;;/q;;;;;;-1;;;;2*+1/i;;;;;1D;;;;;;/hD. The number of hydrogen-bond acceptors (Lipinski definition) is 22. The summed E-state index contributed by atoms with van der Waals surface area (Å²) in [5, 5.41) is 11.8. The summed E-state index contributed by atoms with van der Waals surface area (Å²) < 4.78 is 61.2. The van der Waals surface area contributed by atoms with Crippen LogP contribution < -0.4 is 127 Å². The molecule has 0 atom stereocenters. The third-order valence-corrected chi connectivity index (χ3v) is 28.6. The van der Waals surface area contributed by atoms with Crippen molar-refractivity contribution in [2.45, 2.75) is 308 Å². The molecule has 0 bridgehead atoms. The molecule has 120 heavy (non-hydrogen) atoms. The van der Waals surface area contributed by atoms with E-state index >= 15 is 0 Å². The van der Waals surface area contributed by atoms with Crippen LogP contribution in [0.15, 0.2) is 86.0 Å². The zero-order valence-corrected chi connectivity index (χ0v) is 82.7. The predicted octanol–water partition coefficient (Wildman–Crippen LogP) is 18.2. The van der Waals surface area contributed by atoms with Crippen LogP contribution in [0.1, 0.15) is 257 Å². The maximum Gasteiger partial charge on any atom is 1.00 e. The van der Waals surface area contributed by atoms with E-state index in [1.807, 2.05) is 73.0 Å². The van der Waals surface area contributed by atoms with Crippen molar-refractivity contribution in [2.24, 2.45) is 11.8 Å². The molecule has 2 N–H and O–H groups in total. The average molecular weight is 1860 g/mol. The molecule has 0 aliphatic heterocycles. The number of nitrogens with one attached hydrogen (secondary N) is 1. The predicted molar refractivity (Wildman–Crippen MR) is 482 cm³/mol. The molecule has 0 spiro atoms. The normalized spacial score (nSPS) is 20.4. The number of halogens is 4.